The lowest BCUT2D eigenvalue weighted by Gasteiger charge is -2.17. The minimum absolute atomic E-state index is 0.227. The van der Waals surface area contributed by atoms with Crippen molar-refractivity contribution in [3.8, 4) is 0 Å². The van der Waals surface area contributed by atoms with Crippen molar-refractivity contribution in [1.82, 2.24) is 5.32 Å². The van der Waals surface area contributed by atoms with E-state index < -0.39 is 23.8 Å². The normalized spacial score (nSPS) is 15.0. The van der Waals surface area contributed by atoms with E-state index in [1.807, 2.05) is 0 Å². The predicted molar refractivity (Wildman–Crippen MR) is 64.8 cm³/mol. The van der Waals surface area contributed by atoms with Crippen LogP contribution in [0.2, 0.25) is 0 Å². The number of halogens is 3. The second-order valence-electron chi connectivity index (χ2n) is 4.53. The summed E-state index contributed by atoms with van der Waals surface area (Å²) in [5, 5.41) is 11.5. The molecule has 0 amide bonds. The smallest absolute Gasteiger partial charge is 0.416 e. The Balaban J connectivity index is 2.70. The average Bonchev–Trinajstić information content (AvgIpc) is 2.27. The fourth-order valence-electron chi connectivity index (χ4n) is 1.79. The highest BCUT2D eigenvalue weighted by atomic mass is 19.4. The summed E-state index contributed by atoms with van der Waals surface area (Å²) in [6, 6.07) is 4.09. The van der Waals surface area contributed by atoms with E-state index in [0.29, 0.717) is 12.0 Å². The SMILES string of the molecule is CC(Cc1cccc(C(F)(F)F)c1)NC(C)C(=O)O. The topological polar surface area (TPSA) is 49.3 Å². The van der Waals surface area contributed by atoms with Gasteiger partial charge in [-0.25, -0.2) is 0 Å². The molecular formula is C13H16F3NO2. The molecule has 0 aliphatic carbocycles. The molecule has 0 aliphatic heterocycles. The summed E-state index contributed by atoms with van der Waals surface area (Å²) in [6.45, 7) is 3.23. The maximum Gasteiger partial charge on any atom is 0.416 e. The van der Waals surface area contributed by atoms with Gasteiger partial charge in [0.15, 0.2) is 0 Å². The lowest BCUT2D eigenvalue weighted by atomic mass is 10.0. The van der Waals surface area contributed by atoms with Crippen LogP contribution in [0.1, 0.15) is 25.0 Å². The van der Waals surface area contributed by atoms with Gasteiger partial charge in [-0.05, 0) is 31.9 Å². The highest BCUT2D eigenvalue weighted by Gasteiger charge is 2.30. The lowest BCUT2D eigenvalue weighted by molar-refractivity contribution is -0.139. The van der Waals surface area contributed by atoms with Gasteiger partial charge in [0.2, 0.25) is 0 Å². The average molecular weight is 275 g/mol. The van der Waals surface area contributed by atoms with Crippen LogP contribution in [-0.4, -0.2) is 23.2 Å². The number of benzene rings is 1. The minimum atomic E-state index is -4.36. The van der Waals surface area contributed by atoms with Crippen molar-refractivity contribution in [2.45, 2.75) is 38.5 Å². The third-order valence-electron chi connectivity index (χ3n) is 2.70. The zero-order valence-corrected chi connectivity index (χ0v) is 10.7. The first-order chi connectivity index (χ1) is 8.70. The number of rotatable bonds is 5. The molecule has 1 aromatic carbocycles. The fourth-order valence-corrected chi connectivity index (χ4v) is 1.79. The van der Waals surface area contributed by atoms with Crippen LogP contribution in [0.15, 0.2) is 24.3 Å². The molecule has 3 nitrogen and oxygen atoms in total. The molecule has 2 unspecified atom stereocenters. The molecule has 1 aromatic rings. The molecule has 0 aromatic heterocycles. The number of hydrogen-bond donors (Lipinski definition) is 2. The summed E-state index contributed by atoms with van der Waals surface area (Å²) >= 11 is 0. The second kappa shape index (κ2) is 6.06. The number of carbonyl (C=O) groups is 1. The van der Waals surface area contributed by atoms with Gasteiger partial charge in [0, 0.05) is 6.04 Å². The molecule has 0 fully saturated rings. The summed E-state index contributed by atoms with van der Waals surface area (Å²) < 4.78 is 37.6. The van der Waals surface area contributed by atoms with E-state index in [1.165, 1.54) is 13.0 Å². The van der Waals surface area contributed by atoms with Crippen LogP contribution in [0, 0.1) is 0 Å². The van der Waals surface area contributed by atoms with E-state index in [1.54, 1.807) is 13.0 Å². The Morgan fingerprint density at radius 1 is 1.37 bits per heavy atom. The number of carboxylic acids is 1. The minimum Gasteiger partial charge on any atom is -0.480 e. The molecule has 6 heteroatoms. The quantitative estimate of drug-likeness (QED) is 0.868. The molecular weight excluding hydrogens is 259 g/mol. The molecule has 2 atom stereocenters. The van der Waals surface area contributed by atoms with Gasteiger partial charge in [0.25, 0.3) is 0 Å². The van der Waals surface area contributed by atoms with Gasteiger partial charge < -0.3 is 10.4 Å². The predicted octanol–water partition coefficient (Wildman–Crippen LogP) is 2.70. The van der Waals surface area contributed by atoms with E-state index in [2.05, 4.69) is 5.32 Å². The number of nitrogens with one attached hydrogen (secondary N) is 1. The molecule has 1 rings (SSSR count). The molecule has 106 valence electrons. The second-order valence-corrected chi connectivity index (χ2v) is 4.53. The molecule has 0 radical (unpaired) electrons. The van der Waals surface area contributed by atoms with Gasteiger partial charge in [0.1, 0.15) is 6.04 Å². The molecule has 0 bridgehead atoms. The van der Waals surface area contributed by atoms with E-state index in [4.69, 9.17) is 5.11 Å². The summed E-state index contributed by atoms with van der Waals surface area (Å²) in [4.78, 5) is 10.7. The van der Waals surface area contributed by atoms with E-state index in [0.717, 1.165) is 12.1 Å². The Bertz CT molecular complexity index is 446. The lowest BCUT2D eigenvalue weighted by Crippen LogP contribution is -2.40. The molecule has 2 N–H and O–H groups in total. The first kappa shape index (κ1) is 15.5. The Labute approximate surface area is 109 Å². The number of hydrogen-bond acceptors (Lipinski definition) is 2. The van der Waals surface area contributed by atoms with Crippen LogP contribution < -0.4 is 5.32 Å². The van der Waals surface area contributed by atoms with Crippen molar-refractivity contribution in [2.75, 3.05) is 0 Å². The standard InChI is InChI=1S/C13H16F3NO2/c1-8(17-9(2)12(18)19)6-10-4-3-5-11(7-10)13(14,15)16/h3-5,7-9,17H,6H2,1-2H3,(H,18,19). The van der Waals surface area contributed by atoms with Gasteiger partial charge in [0.05, 0.1) is 5.56 Å². The van der Waals surface area contributed by atoms with Crippen molar-refractivity contribution in [1.29, 1.82) is 0 Å². The zero-order valence-electron chi connectivity index (χ0n) is 10.7. The summed E-state index contributed by atoms with van der Waals surface area (Å²) in [5.41, 5.74) is -0.170. The molecule has 0 heterocycles. The number of aliphatic carboxylic acids is 1. The monoisotopic (exact) mass is 275 g/mol. The van der Waals surface area contributed by atoms with Gasteiger partial charge >= 0.3 is 12.1 Å². The Morgan fingerprint density at radius 3 is 2.53 bits per heavy atom. The molecule has 19 heavy (non-hydrogen) atoms. The van der Waals surface area contributed by atoms with Crippen LogP contribution in [0.5, 0.6) is 0 Å². The van der Waals surface area contributed by atoms with Crippen molar-refractivity contribution in [3.63, 3.8) is 0 Å². The summed E-state index contributed by atoms with van der Waals surface area (Å²) in [7, 11) is 0. The van der Waals surface area contributed by atoms with Crippen molar-refractivity contribution in [3.05, 3.63) is 35.4 Å². The third-order valence-corrected chi connectivity index (χ3v) is 2.70. The van der Waals surface area contributed by atoms with Crippen molar-refractivity contribution in [2.24, 2.45) is 0 Å². The summed E-state index contributed by atoms with van der Waals surface area (Å²) in [6.07, 6.45) is -4.03. The van der Waals surface area contributed by atoms with Crippen LogP contribution in [0.3, 0.4) is 0 Å². The largest absolute Gasteiger partial charge is 0.480 e. The van der Waals surface area contributed by atoms with Crippen LogP contribution in [0.25, 0.3) is 0 Å². The molecule has 0 aliphatic rings. The van der Waals surface area contributed by atoms with Gasteiger partial charge in [-0.2, -0.15) is 13.2 Å². The molecule has 0 saturated heterocycles. The Hall–Kier alpha value is -1.56. The van der Waals surface area contributed by atoms with Crippen LogP contribution >= 0.6 is 0 Å². The zero-order chi connectivity index (χ0) is 14.6. The third kappa shape index (κ3) is 4.90. The maximum atomic E-state index is 12.5. The van der Waals surface area contributed by atoms with Crippen LogP contribution in [0.4, 0.5) is 13.2 Å². The van der Waals surface area contributed by atoms with E-state index in [-0.39, 0.29) is 6.04 Å². The van der Waals surface area contributed by atoms with Crippen LogP contribution in [-0.2, 0) is 17.4 Å². The van der Waals surface area contributed by atoms with Crippen molar-refractivity contribution >= 4 is 5.97 Å². The van der Waals surface area contributed by atoms with Gasteiger partial charge in [-0.3, -0.25) is 4.79 Å². The van der Waals surface area contributed by atoms with Gasteiger partial charge in [-0.1, -0.05) is 18.2 Å². The number of carboxylic acid groups (broad SMARTS) is 1. The molecule has 0 saturated carbocycles. The van der Waals surface area contributed by atoms with E-state index in [9.17, 15) is 18.0 Å². The first-order valence-electron chi connectivity index (χ1n) is 5.85. The summed E-state index contributed by atoms with van der Waals surface area (Å²) in [5.74, 6) is -0.990. The first-order valence-corrected chi connectivity index (χ1v) is 5.85. The highest BCUT2D eigenvalue weighted by Crippen LogP contribution is 2.29. The number of alkyl halides is 3. The van der Waals surface area contributed by atoms with Crippen molar-refractivity contribution < 1.29 is 23.1 Å². The van der Waals surface area contributed by atoms with Gasteiger partial charge in [-0.15, -0.1) is 0 Å². The fraction of sp³-hybridized carbons (Fsp3) is 0.462. The molecule has 0 spiro atoms. The van der Waals surface area contributed by atoms with E-state index >= 15 is 0 Å². The maximum absolute atomic E-state index is 12.5. The Morgan fingerprint density at radius 2 is 2.00 bits per heavy atom. The Kier molecular flexibility index (Phi) is 4.94. The highest BCUT2D eigenvalue weighted by molar-refractivity contribution is 5.72.